The van der Waals surface area contributed by atoms with E-state index in [0.717, 1.165) is 22.6 Å². The molecule has 0 spiro atoms. The van der Waals surface area contributed by atoms with Crippen molar-refractivity contribution in [2.45, 2.75) is 12.8 Å². The van der Waals surface area contributed by atoms with E-state index in [1.807, 2.05) is 0 Å². The van der Waals surface area contributed by atoms with Crippen molar-refractivity contribution in [1.29, 1.82) is 0 Å². The maximum Gasteiger partial charge on any atom is 0.272 e. The molecule has 0 aliphatic heterocycles. The first-order chi connectivity index (χ1) is 11.1. The average Bonchev–Trinajstić information content (AvgIpc) is 2.55. The fourth-order valence-electron chi connectivity index (χ4n) is 2.27. The molecule has 6 nitrogen and oxygen atoms in total. The molecule has 23 heavy (non-hydrogen) atoms. The van der Waals surface area contributed by atoms with Crippen LogP contribution in [0.1, 0.15) is 11.1 Å². The van der Waals surface area contributed by atoms with Crippen LogP contribution in [0.25, 0.3) is 0 Å². The lowest BCUT2D eigenvalue weighted by Gasteiger charge is -2.04. The van der Waals surface area contributed by atoms with Crippen molar-refractivity contribution in [3.8, 4) is 0 Å². The molecule has 0 aromatic heterocycles. The van der Waals surface area contributed by atoms with E-state index in [1.165, 1.54) is 12.1 Å². The Morgan fingerprint density at radius 3 is 1.52 bits per heavy atom. The van der Waals surface area contributed by atoms with Gasteiger partial charge in [0.25, 0.3) is 11.4 Å². The number of nitrogens with zero attached hydrogens (tertiary/aromatic N) is 2. The lowest BCUT2D eigenvalue weighted by Crippen LogP contribution is -1.99. The van der Waals surface area contributed by atoms with Crippen LogP contribution in [0.5, 0.6) is 0 Å². The maximum absolute atomic E-state index is 10.9. The number of para-hydroxylation sites is 2. The molecule has 2 aromatic carbocycles. The minimum atomic E-state index is -0.368. The number of aryl methyl sites for hydroxylation is 2. The lowest BCUT2D eigenvalue weighted by molar-refractivity contribution is -0.385. The summed E-state index contributed by atoms with van der Waals surface area (Å²) in [6.07, 6.45) is 1.22. The lowest BCUT2D eigenvalue weighted by atomic mass is 10.1. The molecule has 0 fully saturated rings. The largest absolute Gasteiger partial charge is 0.272 e. The zero-order chi connectivity index (χ0) is 16.7. The van der Waals surface area contributed by atoms with Crippen LogP contribution in [0.4, 0.5) is 11.4 Å². The highest BCUT2D eigenvalue weighted by molar-refractivity contribution is 7.99. The van der Waals surface area contributed by atoms with E-state index in [4.69, 9.17) is 0 Å². The van der Waals surface area contributed by atoms with Crippen LogP contribution in [0.2, 0.25) is 0 Å². The average molecular weight is 332 g/mol. The Morgan fingerprint density at radius 1 is 0.739 bits per heavy atom. The third-order valence-electron chi connectivity index (χ3n) is 3.41. The summed E-state index contributed by atoms with van der Waals surface area (Å²) in [6, 6.07) is 13.4. The molecule has 0 bridgehead atoms. The Bertz CT molecular complexity index is 646. The van der Waals surface area contributed by atoms with Crippen LogP contribution in [0.15, 0.2) is 48.5 Å². The summed E-state index contributed by atoms with van der Waals surface area (Å²) < 4.78 is 0. The molecule has 0 saturated heterocycles. The van der Waals surface area contributed by atoms with Gasteiger partial charge in [0.1, 0.15) is 0 Å². The smallest absolute Gasteiger partial charge is 0.258 e. The number of thioether (sulfide) groups is 1. The van der Waals surface area contributed by atoms with Gasteiger partial charge in [0.05, 0.1) is 9.85 Å². The molecule has 0 atom stereocenters. The standard InChI is InChI=1S/C16H16N2O4S/c19-17(20)15-7-3-1-5-13(15)9-11-23-12-10-14-6-2-4-8-16(14)18(21)22/h1-8H,9-12H2. The molecule has 0 aliphatic carbocycles. The van der Waals surface area contributed by atoms with Crippen LogP contribution in [0.3, 0.4) is 0 Å². The zero-order valence-electron chi connectivity index (χ0n) is 12.4. The molecule has 2 rings (SSSR count). The number of hydrogen-bond donors (Lipinski definition) is 0. The van der Waals surface area contributed by atoms with Crippen LogP contribution in [-0.4, -0.2) is 21.4 Å². The molecule has 7 heteroatoms. The zero-order valence-corrected chi connectivity index (χ0v) is 13.2. The van der Waals surface area contributed by atoms with Gasteiger partial charge in [-0.1, -0.05) is 36.4 Å². The Labute approximate surface area is 137 Å². The summed E-state index contributed by atoms with van der Waals surface area (Å²) in [5.74, 6) is 1.48. The number of nitro benzene ring substituents is 2. The highest BCUT2D eigenvalue weighted by Crippen LogP contribution is 2.22. The summed E-state index contributed by atoms with van der Waals surface area (Å²) in [5.41, 5.74) is 1.73. The fourth-order valence-corrected chi connectivity index (χ4v) is 3.20. The van der Waals surface area contributed by atoms with Gasteiger partial charge in [-0.05, 0) is 24.3 Å². The van der Waals surface area contributed by atoms with Crippen molar-refractivity contribution in [2.24, 2.45) is 0 Å². The quantitative estimate of drug-likeness (QED) is 0.414. The first-order valence-corrected chi connectivity index (χ1v) is 8.27. The summed E-state index contributed by atoms with van der Waals surface area (Å²) in [7, 11) is 0. The van der Waals surface area contributed by atoms with Gasteiger partial charge < -0.3 is 0 Å². The highest BCUT2D eigenvalue weighted by atomic mass is 32.2. The summed E-state index contributed by atoms with van der Waals surface area (Å²) >= 11 is 1.64. The van der Waals surface area contributed by atoms with Crippen LogP contribution >= 0.6 is 11.8 Å². The minimum Gasteiger partial charge on any atom is -0.258 e. The van der Waals surface area contributed by atoms with E-state index in [9.17, 15) is 20.2 Å². The molecule has 0 N–H and O–H groups in total. The normalized spacial score (nSPS) is 10.4. The fraction of sp³-hybridized carbons (Fsp3) is 0.250. The molecule has 2 aromatic rings. The van der Waals surface area contributed by atoms with Gasteiger partial charge in [0, 0.05) is 23.3 Å². The number of benzene rings is 2. The van der Waals surface area contributed by atoms with Crippen molar-refractivity contribution in [1.82, 2.24) is 0 Å². The first kappa shape index (κ1) is 17.0. The Kier molecular flexibility index (Phi) is 6.10. The SMILES string of the molecule is O=[N+]([O-])c1ccccc1CCSCCc1ccccc1[N+](=O)[O-]. The molecule has 0 heterocycles. The Morgan fingerprint density at radius 2 is 1.13 bits per heavy atom. The molecular formula is C16H16N2O4S. The van der Waals surface area contributed by atoms with Gasteiger partial charge in [0.2, 0.25) is 0 Å². The summed E-state index contributed by atoms with van der Waals surface area (Å²) in [5, 5.41) is 21.9. The third-order valence-corrected chi connectivity index (χ3v) is 4.39. The maximum atomic E-state index is 10.9. The van der Waals surface area contributed by atoms with Gasteiger partial charge >= 0.3 is 0 Å². The summed E-state index contributed by atoms with van der Waals surface area (Å²) in [4.78, 5) is 21.1. The first-order valence-electron chi connectivity index (χ1n) is 7.12. The van der Waals surface area contributed by atoms with Crippen LogP contribution < -0.4 is 0 Å². The van der Waals surface area contributed by atoms with Gasteiger partial charge in [0.15, 0.2) is 0 Å². The van der Waals surface area contributed by atoms with Gasteiger partial charge in [-0.25, -0.2) is 0 Å². The van der Waals surface area contributed by atoms with Crippen molar-refractivity contribution < 1.29 is 9.85 Å². The van der Waals surface area contributed by atoms with Gasteiger partial charge in [-0.2, -0.15) is 11.8 Å². The van der Waals surface area contributed by atoms with Crippen molar-refractivity contribution in [2.75, 3.05) is 11.5 Å². The van der Waals surface area contributed by atoms with E-state index in [-0.39, 0.29) is 21.2 Å². The van der Waals surface area contributed by atoms with E-state index in [2.05, 4.69) is 0 Å². The van der Waals surface area contributed by atoms with Crippen LogP contribution in [-0.2, 0) is 12.8 Å². The van der Waals surface area contributed by atoms with Crippen molar-refractivity contribution in [3.63, 3.8) is 0 Å². The number of hydrogen-bond acceptors (Lipinski definition) is 5. The molecular weight excluding hydrogens is 316 g/mol. The number of nitro groups is 2. The second-order valence-corrected chi connectivity index (χ2v) is 6.11. The predicted molar refractivity (Wildman–Crippen MR) is 90.9 cm³/mol. The summed E-state index contributed by atoms with van der Waals surface area (Å²) in [6.45, 7) is 0. The molecule has 0 aliphatic rings. The van der Waals surface area contributed by atoms with Crippen molar-refractivity contribution >= 4 is 23.1 Å². The minimum absolute atomic E-state index is 0.145. The molecule has 0 unspecified atom stereocenters. The monoisotopic (exact) mass is 332 g/mol. The molecule has 0 radical (unpaired) electrons. The topological polar surface area (TPSA) is 86.3 Å². The van der Waals surface area contributed by atoms with E-state index in [1.54, 1.807) is 48.2 Å². The number of rotatable bonds is 8. The molecule has 0 amide bonds. The predicted octanol–water partition coefficient (Wildman–Crippen LogP) is 4.02. The second kappa shape index (κ2) is 8.28. The molecule has 0 saturated carbocycles. The Balaban J connectivity index is 1.83. The second-order valence-electron chi connectivity index (χ2n) is 4.88. The third kappa shape index (κ3) is 4.79. The van der Waals surface area contributed by atoms with Gasteiger partial charge in [-0.3, -0.25) is 20.2 Å². The highest BCUT2D eigenvalue weighted by Gasteiger charge is 2.13. The molecule has 120 valence electrons. The van der Waals surface area contributed by atoms with Crippen molar-refractivity contribution in [3.05, 3.63) is 79.9 Å². The van der Waals surface area contributed by atoms with E-state index < -0.39 is 0 Å². The van der Waals surface area contributed by atoms with Gasteiger partial charge in [-0.15, -0.1) is 0 Å². The Hall–Kier alpha value is -2.41. The van der Waals surface area contributed by atoms with E-state index in [0.29, 0.717) is 12.8 Å². The van der Waals surface area contributed by atoms with Crippen LogP contribution in [0, 0.1) is 20.2 Å². The van der Waals surface area contributed by atoms with E-state index >= 15 is 0 Å².